The third-order valence-corrected chi connectivity index (χ3v) is 6.55. The van der Waals surface area contributed by atoms with Crippen LogP contribution in [0.2, 0.25) is 5.02 Å². The summed E-state index contributed by atoms with van der Waals surface area (Å²) in [5, 5.41) is 16.8. The molecule has 2 atom stereocenters. The van der Waals surface area contributed by atoms with Crippen LogP contribution in [-0.4, -0.2) is 40.9 Å². The molecule has 4 rings (SSSR count). The van der Waals surface area contributed by atoms with Crippen molar-refractivity contribution in [3.8, 4) is 11.3 Å². The summed E-state index contributed by atoms with van der Waals surface area (Å²) >= 11 is 6.34. The van der Waals surface area contributed by atoms with Gasteiger partial charge in [-0.1, -0.05) is 11.6 Å². The van der Waals surface area contributed by atoms with Gasteiger partial charge in [-0.2, -0.15) is 5.10 Å². The number of nitrogen functional groups attached to an aromatic ring is 1. The van der Waals surface area contributed by atoms with E-state index < -0.39 is 22.2 Å². The lowest BCUT2D eigenvalue weighted by atomic mass is 10.1. The molecule has 0 amide bonds. The Bertz CT molecular complexity index is 1110. The molecule has 27 heavy (non-hydrogen) atoms. The van der Waals surface area contributed by atoms with E-state index in [-0.39, 0.29) is 15.7 Å². The van der Waals surface area contributed by atoms with Gasteiger partial charge in [-0.05, 0) is 49.6 Å². The van der Waals surface area contributed by atoms with E-state index in [2.05, 4.69) is 19.9 Å². The summed E-state index contributed by atoms with van der Waals surface area (Å²) in [7, 11) is -3.78. The van der Waals surface area contributed by atoms with Crippen LogP contribution in [-0.2, 0) is 10.0 Å². The number of aliphatic hydroxyl groups is 1. The molecule has 1 saturated carbocycles. The second-order valence-corrected chi connectivity index (χ2v) is 8.69. The highest BCUT2D eigenvalue weighted by Crippen LogP contribution is 2.31. The smallest absolute Gasteiger partial charge is 0.240 e. The predicted octanol–water partition coefficient (Wildman–Crippen LogP) is 2.05. The monoisotopic (exact) mass is 407 g/mol. The van der Waals surface area contributed by atoms with Crippen molar-refractivity contribution in [1.82, 2.24) is 19.9 Å². The number of H-pyrrole nitrogens is 1. The lowest BCUT2D eigenvalue weighted by molar-refractivity contribution is 0.159. The third kappa shape index (κ3) is 3.39. The Morgan fingerprint density at radius 2 is 2.07 bits per heavy atom. The number of aliphatic hydroxyl groups excluding tert-OH is 1. The average molecular weight is 408 g/mol. The van der Waals surface area contributed by atoms with E-state index in [1.807, 2.05) is 0 Å². The number of fused-ring (bicyclic) bond motifs is 1. The van der Waals surface area contributed by atoms with Crippen LogP contribution in [0.15, 0.2) is 35.2 Å². The lowest BCUT2D eigenvalue weighted by Crippen LogP contribution is -2.39. The maximum absolute atomic E-state index is 12.6. The molecule has 8 nitrogen and oxygen atoms in total. The highest BCUT2D eigenvalue weighted by molar-refractivity contribution is 7.89. The molecule has 0 aliphatic heterocycles. The molecule has 0 spiro atoms. The topological polar surface area (TPSA) is 134 Å². The van der Waals surface area contributed by atoms with Gasteiger partial charge in [0, 0.05) is 11.6 Å². The normalized spacial score (nSPS) is 20.4. The molecule has 0 bridgehead atoms. The third-order valence-electron chi connectivity index (χ3n) is 4.75. The van der Waals surface area contributed by atoms with Gasteiger partial charge < -0.3 is 10.8 Å². The minimum atomic E-state index is -3.78. The summed E-state index contributed by atoms with van der Waals surface area (Å²) in [6.45, 7) is 0. The van der Waals surface area contributed by atoms with Crippen molar-refractivity contribution in [2.45, 2.75) is 36.3 Å². The van der Waals surface area contributed by atoms with Gasteiger partial charge in [-0.15, -0.1) is 0 Å². The molecule has 0 radical (unpaired) electrons. The van der Waals surface area contributed by atoms with Crippen LogP contribution in [0.4, 0.5) is 5.82 Å². The van der Waals surface area contributed by atoms with Crippen LogP contribution in [0.25, 0.3) is 22.3 Å². The second-order valence-electron chi connectivity index (χ2n) is 6.57. The number of nitrogens with one attached hydrogen (secondary N) is 2. The number of aromatic nitrogens is 3. The molecule has 1 aliphatic carbocycles. The van der Waals surface area contributed by atoms with Crippen molar-refractivity contribution in [2.75, 3.05) is 5.73 Å². The number of rotatable bonds is 4. The summed E-state index contributed by atoms with van der Waals surface area (Å²) in [5.41, 5.74) is 8.15. The first-order chi connectivity index (χ1) is 12.8. The van der Waals surface area contributed by atoms with Crippen LogP contribution >= 0.6 is 11.6 Å². The maximum atomic E-state index is 12.6. The van der Waals surface area contributed by atoms with Crippen molar-refractivity contribution >= 4 is 38.5 Å². The number of sulfonamides is 1. The molecule has 2 aromatic heterocycles. The summed E-state index contributed by atoms with van der Waals surface area (Å²) in [5.74, 6) is 0.279. The zero-order valence-corrected chi connectivity index (χ0v) is 15.8. The number of halogens is 1. The summed E-state index contributed by atoms with van der Waals surface area (Å²) in [4.78, 5) is 4.49. The summed E-state index contributed by atoms with van der Waals surface area (Å²) in [6.07, 6.45) is 1.34. The predicted molar refractivity (Wildman–Crippen MR) is 103 cm³/mol. The van der Waals surface area contributed by atoms with Gasteiger partial charge in [0.05, 0.1) is 27.2 Å². The van der Waals surface area contributed by atoms with Gasteiger partial charge in [0.1, 0.15) is 5.52 Å². The Balaban J connectivity index is 1.66. The molecule has 1 aromatic carbocycles. The molecule has 2 heterocycles. The maximum Gasteiger partial charge on any atom is 0.240 e. The quantitative estimate of drug-likeness (QED) is 0.523. The largest absolute Gasteiger partial charge is 0.391 e. The number of hydrogen-bond acceptors (Lipinski definition) is 6. The molecule has 0 saturated heterocycles. The zero-order chi connectivity index (χ0) is 19.2. The molecule has 5 N–H and O–H groups in total. The Labute approximate surface area is 160 Å². The number of nitrogens with two attached hydrogens (primary N) is 1. The minimum absolute atomic E-state index is 0.0410. The van der Waals surface area contributed by atoms with Gasteiger partial charge in [-0.3, -0.25) is 5.10 Å². The van der Waals surface area contributed by atoms with Crippen LogP contribution < -0.4 is 10.5 Å². The fourth-order valence-corrected chi connectivity index (χ4v) is 4.96. The number of benzene rings is 1. The van der Waals surface area contributed by atoms with Crippen molar-refractivity contribution in [2.24, 2.45) is 0 Å². The molecule has 1 aliphatic rings. The number of aromatic amines is 1. The van der Waals surface area contributed by atoms with E-state index in [9.17, 15) is 13.5 Å². The molecular formula is C17H18ClN5O3S. The summed E-state index contributed by atoms with van der Waals surface area (Å²) in [6, 6.07) is 7.52. The molecular weight excluding hydrogens is 390 g/mol. The Kier molecular flexibility index (Phi) is 4.55. The van der Waals surface area contributed by atoms with E-state index in [0.29, 0.717) is 35.1 Å². The molecule has 0 unspecified atom stereocenters. The van der Waals surface area contributed by atoms with Crippen LogP contribution in [0, 0.1) is 0 Å². The van der Waals surface area contributed by atoms with E-state index in [1.54, 1.807) is 18.2 Å². The van der Waals surface area contributed by atoms with E-state index in [1.165, 1.54) is 12.1 Å². The number of pyridine rings is 1. The van der Waals surface area contributed by atoms with Crippen LogP contribution in [0.5, 0.6) is 0 Å². The number of hydrogen-bond donors (Lipinski definition) is 4. The van der Waals surface area contributed by atoms with Crippen LogP contribution in [0.1, 0.15) is 19.3 Å². The van der Waals surface area contributed by atoms with Crippen molar-refractivity contribution in [3.05, 3.63) is 35.4 Å². The molecule has 142 valence electrons. The van der Waals surface area contributed by atoms with Gasteiger partial charge in [0.15, 0.2) is 5.82 Å². The first-order valence-electron chi connectivity index (χ1n) is 8.46. The fraction of sp³-hybridized carbons (Fsp3) is 0.294. The van der Waals surface area contributed by atoms with Crippen molar-refractivity contribution < 1.29 is 13.5 Å². The highest BCUT2D eigenvalue weighted by atomic mass is 35.5. The van der Waals surface area contributed by atoms with Crippen LogP contribution in [0.3, 0.4) is 0 Å². The first kappa shape index (κ1) is 18.2. The highest BCUT2D eigenvalue weighted by Gasteiger charge is 2.30. The van der Waals surface area contributed by atoms with Gasteiger partial charge in [0.2, 0.25) is 10.0 Å². The Morgan fingerprint density at radius 1 is 1.26 bits per heavy atom. The zero-order valence-electron chi connectivity index (χ0n) is 14.2. The van der Waals surface area contributed by atoms with Gasteiger partial charge in [-0.25, -0.2) is 18.1 Å². The van der Waals surface area contributed by atoms with E-state index in [4.69, 9.17) is 17.3 Å². The van der Waals surface area contributed by atoms with Gasteiger partial charge in [0.25, 0.3) is 0 Å². The fourth-order valence-electron chi connectivity index (χ4n) is 3.28. The Hall–Kier alpha value is -2.20. The molecule has 10 heteroatoms. The van der Waals surface area contributed by atoms with Crippen molar-refractivity contribution in [3.63, 3.8) is 0 Å². The van der Waals surface area contributed by atoms with E-state index in [0.717, 1.165) is 6.42 Å². The number of nitrogens with zero attached hydrogens (tertiary/aromatic N) is 2. The standard InChI is InChI=1S/C17H18ClN5O3S/c18-11-8-9(27(25,26)23-13-2-1-3-15(13)24)4-5-10(11)12-6-7-14-16(20-12)17(19)22-21-14/h4-8,13,15,23-24H,1-3H2,(H3,19,21,22)/t13-,15+/m0/s1. The molecule has 3 aromatic rings. The SMILES string of the molecule is Nc1n[nH]c2ccc(-c3ccc(S(=O)(=O)N[C@H]4CCC[C@H]4O)cc3Cl)nc12. The average Bonchev–Trinajstić information content (AvgIpc) is 3.20. The summed E-state index contributed by atoms with van der Waals surface area (Å²) < 4.78 is 27.7. The molecule has 1 fully saturated rings. The first-order valence-corrected chi connectivity index (χ1v) is 10.3. The number of anilines is 1. The van der Waals surface area contributed by atoms with Gasteiger partial charge >= 0.3 is 0 Å². The van der Waals surface area contributed by atoms with E-state index >= 15 is 0 Å². The minimum Gasteiger partial charge on any atom is -0.391 e. The Morgan fingerprint density at radius 3 is 2.78 bits per heavy atom. The lowest BCUT2D eigenvalue weighted by Gasteiger charge is -2.17. The van der Waals surface area contributed by atoms with Crippen molar-refractivity contribution in [1.29, 1.82) is 0 Å². The second kappa shape index (κ2) is 6.75.